The molecule has 0 aliphatic rings. The first-order valence-electron chi connectivity index (χ1n) is 6.49. The monoisotopic (exact) mass is 300 g/mol. The summed E-state index contributed by atoms with van der Waals surface area (Å²) in [5.74, 6) is 0.797. The summed E-state index contributed by atoms with van der Waals surface area (Å²) in [4.78, 5) is 11.9. The predicted octanol–water partition coefficient (Wildman–Crippen LogP) is 2.88. The minimum Gasteiger partial charge on any atom is -0.495 e. The highest BCUT2D eigenvalue weighted by Crippen LogP contribution is 2.27. The van der Waals surface area contributed by atoms with Crippen molar-refractivity contribution in [2.24, 2.45) is 5.92 Å². The highest BCUT2D eigenvalue weighted by Gasteiger charge is 2.15. The number of halogens is 1. The van der Waals surface area contributed by atoms with Crippen molar-refractivity contribution >= 4 is 23.3 Å². The number of nitrogens with one attached hydrogen (secondary N) is 2. The summed E-state index contributed by atoms with van der Waals surface area (Å²) in [6.07, 6.45) is 0.522. The summed E-state index contributed by atoms with van der Waals surface area (Å²) in [6.45, 7) is 4.02. The van der Waals surface area contributed by atoms with Gasteiger partial charge in [-0.2, -0.15) is 0 Å². The highest BCUT2D eigenvalue weighted by atomic mass is 35.5. The minimum absolute atomic E-state index is 0.0392. The van der Waals surface area contributed by atoms with Crippen LogP contribution in [0, 0.1) is 5.92 Å². The number of anilines is 1. The third-order valence-corrected chi connectivity index (χ3v) is 3.27. The van der Waals surface area contributed by atoms with Crippen LogP contribution >= 0.6 is 11.6 Å². The Morgan fingerprint density at radius 2 is 2.15 bits per heavy atom. The lowest BCUT2D eigenvalue weighted by Crippen LogP contribution is -2.41. The van der Waals surface area contributed by atoms with Crippen molar-refractivity contribution in [1.29, 1.82) is 0 Å². The molecule has 1 unspecified atom stereocenters. The molecule has 0 saturated heterocycles. The van der Waals surface area contributed by atoms with Crippen molar-refractivity contribution in [1.82, 2.24) is 5.32 Å². The number of methoxy groups -OCH3 is 1. The number of hydrogen-bond acceptors (Lipinski definition) is 3. The SMILES string of the molecule is COc1ccc(NC(=O)NC(CCO)C(C)C)cc1Cl. The number of aliphatic hydroxyl groups is 1. The molecule has 0 heterocycles. The molecule has 3 N–H and O–H groups in total. The van der Waals surface area contributed by atoms with E-state index in [0.29, 0.717) is 22.9 Å². The van der Waals surface area contributed by atoms with Crippen LogP contribution in [0.3, 0.4) is 0 Å². The fraction of sp³-hybridized carbons (Fsp3) is 0.500. The molecule has 2 amide bonds. The van der Waals surface area contributed by atoms with Gasteiger partial charge < -0.3 is 20.5 Å². The third kappa shape index (κ3) is 4.90. The van der Waals surface area contributed by atoms with Crippen LogP contribution in [0.4, 0.5) is 10.5 Å². The van der Waals surface area contributed by atoms with E-state index in [1.807, 2.05) is 13.8 Å². The number of hydrogen-bond donors (Lipinski definition) is 3. The van der Waals surface area contributed by atoms with Gasteiger partial charge in [0.15, 0.2) is 0 Å². The van der Waals surface area contributed by atoms with E-state index in [-0.39, 0.29) is 24.6 Å². The predicted molar refractivity (Wildman–Crippen MR) is 80.5 cm³/mol. The lowest BCUT2D eigenvalue weighted by molar-refractivity contribution is 0.227. The molecule has 0 saturated carbocycles. The second kappa shape index (κ2) is 7.97. The van der Waals surface area contributed by atoms with E-state index in [4.69, 9.17) is 21.4 Å². The van der Waals surface area contributed by atoms with Crippen LogP contribution < -0.4 is 15.4 Å². The number of benzene rings is 1. The number of carbonyl (C=O) groups excluding carboxylic acids is 1. The van der Waals surface area contributed by atoms with E-state index in [2.05, 4.69) is 10.6 Å². The van der Waals surface area contributed by atoms with Gasteiger partial charge in [0.25, 0.3) is 0 Å². The lowest BCUT2D eigenvalue weighted by atomic mass is 10.0. The van der Waals surface area contributed by atoms with Gasteiger partial charge in [-0.15, -0.1) is 0 Å². The number of aliphatic hydroxyl groups excluding tert-OH is 1. The second-order valence-electron chi connectivity index (χ2n) is 4.81. The van der Waals surface area contributed by atoms with Gasteiger partial charge in [0.05, 0.1) is 12.1 Å². The normalized spacial score (nSPS) is 12.1. The number of rotatable bonds is 6. The molecule has 5 nitrogen and oxygen atoms in total. The van der Waals surface area contributed by atoms with Crippen LogP contribution in [0.15, 0.2) is 18.2 Å². The van der Waals surface area contributed by atoms with Crippen molar-refractivity contribution in [2.45, 2.75) is 26.3 Å². The molecule has 0 spiro atoms. The van der Waals surface area contributed by atoms with E-state index in [0.717, 1.165) is 0 Å². The number of carbonyl (C=O) groups is 1. The molecule has 1 aromatic carbocycles. The maximum atomic E-state index is 11.9. The topological polar surface area (TPSA) is 70.6 Å². The van der Waals surface area contributed by atoms with Crippen LogP contribution in [-0.2, 0) is 0 Å². The largest absolute Gasteiger partial charge is 0.495 e. The van der Waals surface area contributed by atoms with Crippen LogP contribution in [0.25, 0.3) is 0 Å². The zero-order chi connectivity index (χ0) is 15.1. The van der Waals surface area contributed by atoms with Gasteiger partial charge in [0.1, 0.15) is 5.75 Å². The number of ether oxygens (including phenoxy) is 1. The van der Waals surface area contributed by atoms with Crippen LogP contribution in [0.1, 0.15) is 20.3 Å². The van der Waals surface area contributed by atoms with E-state index in [9.17, 15) is 4.79 Å². The third-order valence-electron chi connectivity index (χ3n) is 2.97. The summed E-state index contributed by atoms with van der Waals surface area (Å²) >= 11 is 5.99. The van der Waals surface area contributed by atoms with Gasteiger partial charge in [-0.05, 0) is 30.5 Å². The molecule has 1 rings (SSSR count). The van der Waals surface area contributed by atoms with Crippen molar-refractivity contribution < 1.29 is 14.6 Å². The van der Waals surface area contributed by atoms with E-state index in [1.54, 1.807) is 18.2 Å². The maximum Gasteiger partial charge on any atom is 0.319 e. The average Bonchev–Trinajstić information content (AvgIpc) is 2.38. The van der Waals surface area contributed by atoms with Crippen LogP contribution in [-0.4, -0.2) is 30.9 Å². The molecule has 112 valence electrons. The smallest absolute Gasteiger partial charge is 0.319 e. The molecule has 0 aliphatic heterocycles. The van der Waals surface area contributed by atoms with E-state index in [1.165, 1.54) is 7.11 Å². The molecule has 0 radical (unpaired) electrons. The quantitative estimate of drug-likeness (QED) is 0.756. The van der Waals surface area contributed by atoms with E-state index >= 15 is 0 Å². The Hall–Kier alpha value is -1.46. The van der Waals surface area contributed by atoms with Crippen molar-refractivity contribution in [2.75, 3.05) is 19.0 Å². The molecule has 6 heteroatoms. The first-order chi connectivity index (χ1) is 9.47. The Kier molecular flexibility index (Phi) is 6.61. The summed E-state index contributed by atoms with van der Waals surface area (Å²) in [7, 11) is 1.53. The molecule has 0 aliphatic carbocycles. The molecule has 0 bridgehead atoms. The van der Waals surface area contributed by atoms with Gasteiger partial charge >= 0.3 is 6.03 Å². The van der Waals surface area contributed by atoms with Crippen LogP contribution in [0.2, 0.25) is 5.02 Å². The Labute approximate surface area is 124 Å². The van der Waals surface area contributed by atoms with Gasteiger partial charge in [0, 0.05) is 18.3 Å². The average molecular weight is 301 g/mol. The first-order valence-corrected chi connectivity index (χ1v) is 6.87. The fourth-order valence-electron chi connectivity index (χ4n) is 1.79. The maximum absolute atomic E-state index is 11.9. The Morgan fingerprint density at radius 3 is 2.65 bits per heavy atom. The van der Waals surface area contributed by atoms with Gasteiger partial charge in [0.2, 0.25) is 0 Å². The molecule has 20 heavy (non-hydrogen) atoms. The molecule has 0 fully saturated rings. The van der Waals surface area contributed by atoms with E-state index < -0.39 is 0 Å². The zero-order valence-electron chi connectivity index (χ0n) is 11.9. The summed E-state index contributed by atoms with van der Waals surface area (Å²) in [6, 6.07) is 4.62. The van der Waals surface area contributed by atoms with Gasteiger partial charge in [-0.25, -0.2) is 4.79 Å². The summed E-state index contributed by atoms with van der Waals surface area (Å²) in [5, 5.41) is 14.9. The van der Waals surface area contributed by atoms with Crippen molar-refractivity contribution in [3.8, 4) is 5.75 Å². The van der Waals surface area contributed by atoms with Gasteiger partial charge in [-0.1, -0.05) is 25.4 Å². The standard InChI is InChI=1S/C14H21ClN2O3/c1-9(2)12(6-7-18)17-14(19)16-10-4-5-13(20-3)11(15)8-10/h4-5,8-9,12,18H,6-7H2,1-3H3,(H2,16,17,19). The van der Waals surface area contributed by atoms with Crippen molar-refractivity contribution in [3.63, 3.8) is 0 Å². The Bertz CT molecular complexity index is 452. The van der Waals surface area contributed by atoms with Crippen molar-refractivity contribution in [3.05, 3.63) is 23.2 Å². The lowest BCUT2D eigenvalue weighted by Gasteiger charge is -2.21. The molecular formula is C14H21ClN2O3. The minimum atomic E-state index is -0.321. The Balaban J connectivity index is 2.63. The Morgan fingerprint density at radius 1 is 1.45 bits per heavy atom. The highest BCUT2D eigenvalue weighted by molar-refractivity contribution is 6.32. The number of urea groups is 1. The molecular weight excluding hydrogens is 280 g/mol. The first kappa shape index (κ1) is 16.6. The van der Waals surface area contributed by atoms with Gasteiger partial charge in [-0.3, -0.25) is 0 Å². The zero-order valence-corrected chi connectivity index (χ0v) is 12.7. The molecule has 1 atom stereocenters. The van der Waals surface area contributed by atoms with Crippen LogP contribution in [0.5, 0.6) is 5.75 Å². The summed E-state index contributed by atoms with van der Waals surface area (Å²) < 4.78 is 5.04. The molecule has 0 aromatic heterocycles. The fourth-order valence-corrected chi connectivity index (χ4v) is 2.05. The second-order valence-corrected chi connectivity index (χ2v) is 5.22. The molecule has 1 aromatic rings. The number of amides is 2. The summed E-state index contributed by atoms with van der Waals surface area (Å²) in [5.41, 5.74) is 0.583.